The number of ether oxygens (including phenoxy) is 2. The van der Waals surface area contributed by atoms with Crippen molar-refractivity contribution < 1.29 is 9.47 Å². The molecular formula is C23H24N2O2S. The van der Waals surface area contributed by atoms with Gasteiger partial charge < -0.3 is 14.0 Å². The number of methoxy groups -OCH3 is 1. The summed E-state index contributed by atoms with van der Waals surface area (Å²) in [5, 5.41) is 0. The zero-order chi connectivity index (χ0) is 19.2. The van der Waals surface area contributed by atoms with Crippen molar-refractivity contribution in [3.05, 3.63) is 89.7 Å². The average Bonchev–Trinajstić information content (AvgIpc) is 3.39. The van der Waals surface area contributed by atoms with Gasteiger partial charge in [-0.1, -0.05) is 42.5 Å². The van der Waals surface area contributed by atoms with Gasteiger partial charge in [-0.2, -0.15) is 11.8 Å². The Balaban J connectivity index is 1.36. The van der Waals surface area contributed by atoms with E-state index in [1.807, 2.05) is 30.0 Å². The molecule has 0 saturated carbocycles. The Morgan fingerprint density at radius 2 is 1.86 bits per heavy atom. The van der Waals surface area contributed by atoms with Crippen LogP contribution in [0.25, 0.3) is 0 Å². The Kier molecular flexibility index (Phi) is 6.02. The molecule has 0 spiro atoms. The number of rotatable bonds is 8. The van der Waals surface area contributed by atoms with E-state index < -0.39 is 0 Å². The van der Waals surface area contributed by atoms with Crippen molar-refractivity contribution in [2.75, 3.05) is 19.5 Å². The third-order valence-corrected chi connectivity index (χ3v) is 5.85. The van der Waals surface area contributed by atoms with Crippen LogP contribution >= 0.6 is 11.8 Å². The van der Waals surface area contributed by atoms with Gasteiger partial charge in [0, 0.05) is 24.2 Å². The quantitative estimate of drug-likeness (QED) is 0.561. The van der Waals surface area contributed by atoms with E-state index in [-0.39, 0.29) is 6.04 Å². The maximum atomic E-state index is 5.92. The van der Waals surface area contributed by atoms with E-state index in [1.54, 1.807) is 7.11 Å². The van der Waals surface area contributed by atoms with Crippen LogP contribution in [0.2, 0.25) is 0 Å². The molecule has 2 heterocycles. The van der Waals surface area contributed by atoms with Crippen LogP contribution in [0.3, 0.4) is 0 Å². The van der Waals surface area contributed by atoms with Crippen molar-refractivity contribution in [1.82, 2.24) is 4.57 Å². The Morgan fingerprint density at radius 1 is 1.04 bits per heavy atom. The summed E-state index contributed by atoms with van der Waals surface area (Å²) in [7, 11) is 1.68. The summed E-state index contributed by atoms with van der Waals surface area (Å²) in [5.74, 6) is 3.60. The molecule has 0 amide bonds. The molecule has 1 unspecified atom stereocenters. The summed E-state index contributed by atoms with van der Waals surface area (Å²) >= 11 is 1.91. The maximum absolute atomic E-state index is 5.92. The molecule has 144 valence electrons. The predicted molar refractivity (Wildman–Crippen MR) is 115 cm³/mol. The summed E-state index contributed by atoms with van der Waals surface area (Å²) in [6.45, 7) is 1.44. The number of benzene rings is 2. The molecule has 1 aromatic heterocycles. The van der Waals surface area contributed by atoms with E-state index in [4.69, 9.17) is 14.5 Å². The fourth-order valence-corrected chi connectivity index (χ4v) is 4.19. The molecule has 3 aromatic rings. The summed E-state index contributed by atoms with van der Waals surface area (Å²) in [6, 6.07) is 23.0. The molecule has 0 fully saturated rings. The van der Waals surface area contributed by atoms with Gasteiger partial charge in [0.25, 0.3) is 0 Å². The van der Waals surface area contributed by atoms with Gasteiger partial charge in [-0.3, -0.25) is 0 Å². The second-order valence-corrected chi connectivity index (χ2v) is 7.80. The highest BCUT2D eigenvalue weighted by Crippen LogP contribution is 2.20. The molecule has 0 aliphatic carbocycles. The summed E-state index contributed by atoms with van der Waals surface area (Å²) in [6.07, 6.45) is 2.07. The molecule has 5 heteroatoms. The first-order chi connectivity index (χ1) is 13.8. The second-order valence-electron chi connectivity index (χ2n) is 6.77. The van der Waals surface area contributed by atoms with Crippen LogP contribution in [0.1, 0.15) is 16.8 Å². The predicted octanol–water partition coefficient (Wildman–Crippen LogP) is 4.62. The second kappa shape index (κ2) is 9.02. The van der Waals surface area contributed by atoms with Crippen LogP contribution in [0.15, 0.2) is 77.9 Å². The number of aromatic nitrogens is 1. The Labute approximate surface area is 170 Å². The molecule has 0 bridgehead atoms. The highest BCUT2D eigenvalue weighted by Gasteiger charge is 2.22. The lowest BCUT2D eigenvalue weighted by Gasteiger charge is -2.09. The highest BCUT2D eigenvalue weighted by molar-refractivity contribution is 7.98. The van der Waals surface area contributed by atoms with Crippen LogP contribution in [0.5, 0.6) is 5.75 Å². The fraction of sp³-hybridized carbons (Fsp3) is 0.261. The third-order valence-electron chi connectivity index (χ3n) is 4.69. The van der Waals surface area contributed by atoms with Crippen molar-refractivity contribution in [2.24, 2.45) is 4.99 Å². The molecule has 1 atom stereocenters. The first-order valence-corrected chi connectivity index (χ1v) is 10.6. The number of hydrogen-bond acceptors (Lipinski definition) is 4. The first-order valence-electron chi connectivity index (χ1n) is 9.42. The van der Waals surface area contributed by atoms with Gasteiger partial charge in [-0.25, -0.2) is 4.99 Å². The van der Waals surface area contributed by atoms with Crippen molar-refractivity contribution in [3.63, 3.8) is 0 Å². The van der Waals surface area contributed by atoms with Crippen LogP contribution in [-0.4, -0.2) is 36.0 Å². The molecule has 2 aromatic carbocycles. The maximum Gasteiger partial charge on any atom is 0.233 e. The Bertz CT molecular complexity index is 919. The standard InChI is InChI=1S/C23H24N2O2S/c1-26-21-11-9-18(10-12-21)14-25-13-5-8-22(25)23-24-20(15-27-23)17-28-16-19-6-3-2-4-7-19/h2-13,20H,14-17H2,1H3. The van der Waals surface area contributed by atoms with Crippen molar-refractivity contribution in [2.45, 2.75) is 18.3 Å². The number of hydrogen-bond donors (Lipinski definition) is 0. The average molecular weight is 393 g/mol. The van der Waals surface area contributed by atoms with Gasteiger partial charge in [0.05, 0.1) is 13.2 Å². The van der Waals surface area contributed by atoms with Crippen LogP contribution in [0.4, 0.5) is 0 Å². The number of aliphatic imine (C=N–C) groups is 1. The number of nitrogens with zero attached hydrogens (tertiary/aromatic N) is 2. The van der Waals surface area contributed by atoms with Crippen molar-refractivity contribution in [3.8, 4) is 5.75 Å². The minimum Gasteiger partial charge on any atom is -0.497 e. The van der Waals surface area contributed by atoms with Gasteiger partial charge in [-0.05, 0) is 35.4 Å². The van der Waals surface area contributed by atoms with Crippen LogP contribution in [0, 0.1) is 0 Å². The minimum absolute atomic E-state index is 0.216. The monoisotopic (exact) mass is 392 g/mol. The van der Waals surface area contributed by atoms with Gasteiger partial charge >= 0.3 is 0 Å². The zero-order valence-electron chi connectivity index (χ0n) is 16.0. The van der Waals surface area contributed by atoms with Crippen molar-refractivity contribution in [1.29, 1.82) is 0 Å². The summed E-state index contributed by atoms with van der Waals surface area (Å²) < 4.78 is 13.3. The van der Waals surface area contributed by atoms with Crippen LogP contribution in [-0.2, 0) is 17.0 Å². The molecule has 0 saturated heterocycles. The smallest absolute Gasteiger partial charge is 0.233 e. The molecule has 4 nitrogen and oxygen atoms in total. The normalized spacial score (nSPS) is 15.9. The lowest BCUT2D eigenvalue weighted by atomic mass is 10.2. The zero-order valence-corrected chi connectivity index (χ0v) is 16.8. The first kappa shape index (κ1) is 18.7. The molecule has 4 rings (SSSR count). The summed E-state index contributed by atoms with van der Waals surface area (Å²) in [5.41, 5.74) is 3.60. The SMILES string of the molecule is COc1ccc(Cn2cccc2C2=NC(CSCc3ccccc3)CO2)cc1. The van der Waals surface area contributed by atoms with Gasteiger partial charge in [-0.15, -0.1) is 0 Å². The van der Waals surface area contributed by atoms with E-state index in [1.165, 1.54) is 11.1 Å². The van der Waals surface area contributed by atoms with E-state index >= 15 is 0 Å². The van der Waals surface area contributed by atoms with Gasteiger partial charge in [0.1, 0.15) is 18.1 Å². The van der Waals surface area contributed by atoms with Crippen LogP contribution < -0.4 is 4.74 Å². The molecule has 28 heavy (non-hydrogen) atoms. The van der Waals surface area contributed by atoms with Gasteiger partial charge in [0.2, 0.25) is 5.90 Å². The minimum atomic E-state index is 0.216. The lowest BCUT2D eigenvalue weighted by molar-refractivity contribution is 0.323. The topological polar surface area (TPSA) is 35.8 Å². The van der Waals surface area contributed by atoms with E-state index in [0.717, 1.165) is 35.4 Å². The lowest BCUT2D eigenvalue weighted by Crippen LogP contribution is -2.11. The highest BCUT2D eigenvalue weighted by atomic mass is 32.2. The Hall–Kier alpha value is -2.66. The Morgan fingerprint density at radius 3 is 2.64 bits per heavy atom. The van der Waals surface area contributed by atoms with E-state index in [2.05, 4.69) is 59.3 Å². The fourth-order valence-electron chi connectivity index (χ4n) is 3.20. The largest absolute Gasteiger partial charge is 0.497 e. The van der Waals surface area contributed by atoms with E-state index in [9.17, 15) is 0 Å². The molecule has 1 aliphatic rings. The summed E-state index contributed by atoms with van der Waals surface area (Å²) in [4.78, 5) is 4.82. The molecule has 0 N–H and O–H groups in total. The molecule has 1 aliphatic heterocycles. The molecule has 0 radical (unpaired) electrons. The van der Waals surface area contributed by atoms with Gasteiger partial charge in [0.15, 0.2) is 0 Å². The third kappa shape index (κ3) is 4.60. The number of thioether (sulfide) groups is 1. The molecular weight excluding hydrogens is 368 g/mol. The van der Waals surface area contributed by atoms with E-state index in [0.29, 0.717) is 6.61 Å². The van der Waals surface area contributed by atoms with Crippen molar-refractivity contribution >= 4 is 17.7 Å².